The molecule has 1 aromatic carbocycles. The highest BCUT2D eigenvalue weighted by Crippen LogP contribution is 2.27. The van der Waals surface area contributed by atoms with Gasteiger partial charge in [-0.1, -0.05) is 24.3 Å². The smallest absolute Gasteiger partial charge is 0.315 e. The molecular formula is C14H20N2O2. The SMILES string of the molecule is COCc1ccccc1CNC(=O)NCC1CC1. The Morgan fingerprint density at radius 2 is 2.00 bits per heavy atom. The topological polar surface area (TPSA) is 50.4 Å². The molecule has 1 fully saturated rings. The summed E-state index contributed by atoms with van der Waals surface area (Å²) in [6.07, 6.45) is 2.49. The van der Waals surface area contributed by atoms with Crippen LogP contribution in [0.4, 0.5) is 4.79 Å². The Balaban J connectivity index is 1.78. The molecule has 2 N–H and O–H groups in total. The predicted octanol–water partition coefficient (Wildman–Crippen LogP) is 2.04. The van der Waals surface area contributed by atoms with Crippen LogP contribution in [0.2, 0.25) is 0 Å². The Kier molecular flexibility index (Phi) is 4.59. The molecule has 1 aliphatic rings. The number of carbonyl (C=O) groups excluding carboxylic acids is 1. The average Bonchev–Trinajstić information content (AvgIpc) is 3.20. The van der Waals surface area contributed by atoms with E-state index >= 15 is 0 Å². The fraction of sp³-hybridized carbons (Fsp3) is 0.500. The highest BCUT2D eigenvalue weighted by molar-refractivity contribution is 5.73. The van der Waals surface area contributed by atoms with Gasteiger partial charge < -0.3 is 15.4 Å². The van der Waals surface area contributed by atoms with Gasteiger partial charge in [0, 0.05) is 20.2 Å². The maximum Gasteiger partial charge on any atom is 0.315 e. The van der Waals surface area contributed by atoms with Gasteiger partial charge in [-0.05, 0) is 29.9 Å². The molecule has 98 valence electrons. The van der Waals surface area contributed by atoms with E-state index in [9.17, 15) is 4.79 Å². The summed E-state index contributed by atoms with van der Waals surface area (Å²) in [7, 11) is 1.67. The van der Waals surface area contributed by atoms with Crippen molar-refractivity contribution in [3.8, 4) is 0 Å². The van der Waals surface area contributed by atoms with Gasteiger partial charge in [0.05, 0.1) is 6.61 Å². The maximum atomic E-state index is 11.6. The third-order valence-electron chi connectivity index (χ3n) is 3.11. The van der Waals surface area contributed by atoms with Crippen LogP contribution in [0.25, 0.3) is 0 Å². The Morgan fingerprint density at radius 3 is 2.67 bits per heavy atom. The molecule has 0 atom stereocenters. The first-order valence-corrected chi connectivity index (χ1v) is 6.37. The standard InChI is InChI=1S/C14H20N2O2/c1-18-10-13-5-3-2-4-12(13)9-16-14(17)15-8-11-6-7-11/h2-5,11H,6-10H2,1H3,(H2,15,16,17). The van der Waals surface area contributed by atoms with Gasteiger partial charge in [0.25, 0.3) is 0 Å². The van der Waals surface area contributed by atoms with Crippen molar-refractivity contribution in [1.82, 2.24) is 10.6 Å². The second-order valence-corrected chi connectivity index (χ2v) is 4.71. The monoisotopic (exact) mass is 248 g/mol. The first-order valence-electron chi connectivity index (χ1n) is 6.37. The van der Waals surface area contributed by atoms with Crippen molar-refractivity contribution >= 4 is 6.03 Å². The van der Waals surface area contributed by atoms with Gasteiger partial charge in [0.1, 0.15) is 0 Å². The molecule has 1 saturated carbocycles. The van der Waals surface area contributed by atoms with Gasteiger partial charge in [-0.2, -0.15) is 0 Å². The van der Waals surface area contributed by atoms with E-state index in [1.165, 1.54) is 12.8 Å². The van der Waals surface area contributed by atoms with Crippen LogP contribution in [0.3, 0.4) is 0 Å². The number of benzene rings is 1. The number of urea groups is 1. The quantitative estimate of drug-likeness (QED) is 0.809. The number of hydrogen-bond acceptors (Lipinski definition) is 2. The molecule has 0 saturated heterocycles. The Hall–Kier alpha value is -1.55. The highest BCUT2D eigenvalue weighted by Gasteiger charge is 2.21. The van der Waals surface area contributed by atoms with Crippen LogP contribution in [-0.4, -0.2) is 19.7 Å². The van der Waals surface area contributed by atoms with E-state index < -0.39 is 0 Å². The van der Waals surface area contributed by atoms with Crippen LogP contribution >= 0.6 is 0 Å². The Bertz CT molecular complexity index is 403. The zero-order valence-corrected chi connectivity index (χ0v) is 10.7. The zero-order chi connectivity index (χ0) is 12.8. The maximum absolute atomic E-state index is 11.6. The Labute approximate surface area is 108 Å². The fourth-order valence-corrected chi connectivity index (χ4v) is 1.82. The minimum atomic E-state index is -0.0888. The van der Waals surface area contributed by atoms with E-state index in [2.05, 4.69) is 10.6 Å². The molecule has 18 heavy (non-hydrogen) atoms. The number of rotatable bonds is 6. The molecule has 1 aromatic rings. The van der Waals surface area contributed by atoms with Crippen molar-refractivity contribution in [3.05, 3.63) is 35.4 Å². The minimum absolute atomic E-state index is 0.0888. The van der Waals surface area contributed by atoms with Crippen LogP contribution in [0, 0.1) is 5.92 Å². The van der Waals surface area contributed by atoms with E-state index in [1.807, 2.05) is 24.3 Å². The third-order valence-corrected chi connectivity index (χ3v) is 3.11. The molecule has 1 aliphatic carbocycles. The van der Waals surface area contributed by atoms with Crippen LogP contribution in [0.1, 0.15) is 24.0 Å². The molecule has 0 aromatic heterocycles. The molecule has 0 heterocycles. The van der Waals surface area contributed by atoms with Crippen molar-refractivity contribution in [3.63, 3.8) is 0 Å². The number of nitrogens with one attached hydrogen (secondary N) is 2. The zero-order valence-electron chi connectivity index (χ0n) is 10.7. The third kappa shape index (κ3) is 4.04. The lowest BCUT2D eigenvalue weighted by Crippen LogP contribution is -2.36. The van der Waals surface area contributed by atoms with Crippen molar-refractivity contribution in [2.45, 2.75) is 26.0 Å². The van der Waals surface area contributed by atoms with Crippen LogP contribution in [0.5, 0.6) is 0 Å². The summed E-state index contributed by atoms with van der Waals surface area (Å²) in [5.41, 5.74) is 2.21. The van der Waals surface area contributed by atoms with Gasteiger partial charge in [0.2, 0.25) is 0 Å². The number of carbonyl (C=O) groups is 1. The molecule has 0 spiro atoms. The van der Waals surface area contributed by atoms with Crippen molar-refractivity contribution < 1.29 is 9.53 Å². The van der Waals surface area contributed by atoms with Crippen molar-refractivity contribution in [1.29, 1.82) is 0 Å². The average molecular weight is 248 g/mol. The molecule has 4 heteroatoms. The Morgan fingerprint density at radius 1 is 1.28 bits per heavy atom. The number of ether oxygens (including phenoxy) is 1. The van der Waals surface area contributed by atoms with E-state index in [0.29, 0.717) is 19.1 Å². The van der Waals surface area contributed by atoms with Crippen LogP contribution in [0.15, 0.2) is 24.3 Å². The summed E-state index contributed by atoms with van der Waals surface area (Å²) in [5.74, 6) is 0.705. The molecule has 0 bridgehead atoms. The highest BCUT2D eigenvalue weighted by atomic mass is 16.5. The van der Waals surface area contributed by atoms with E-state index in [-0.39, 0.29) is 6.03 Å². The minimum Gasteiger partial charge on any atom is -0.380 e. The van der Waals surface area contributed by atoms with Crippen molar-refractivity contribution in [2.24, 2.45) is 5.92 Å². The predicted molar refractivity (Wildman–Crippen MR) is 70.1 cm³/mol. The van der Waals surface area contributed by atoms with Gasteiger partial charge >= 0.3 is 6.03 Å². The van der Waals surface area contributed by atoms with Gasteiger partial charge in [-0.15, -0.1) is 0 Å². The molecule has 2 rings (SSSR count). The largest absolute Gasteiger partial charge is 0.380 e. The summed E-state index contributed by atoms with van der Waals surface area (Å²) in [5, 5.41) is 5.76. The number of amides is 2. The first kappa shape index (κ1) is 12.9. The molecular weight excluding hydrogens is 228 g/mol. The van der Waals surface area contributed by atoms with E-state index in [0.717, 1.165) is 17.7 Å². The molecule has 0 unspecified atom stereocenters. The normalized spacial score (nSPS) is 14.3. The lowest BCUT2D eigenvalue weighted by molar-refractivity contribution is 0.184. The van der Waals surface area contributed by atoms with Crippen LogP contribution < -0.4 is 10.6 Å². The van der Waals surface area contributed by atoms with Gasteiger partial charge in [-0.25, -0.2) is 4.79 Å². The number of methoxy groups -OCH3 is 1. The van der Waals surface area contributed by atoms with Crippen molar-refractivity contribution in [2.75, 3.05) is 13.7 Å². The van der Waals surface area contributed by atoms with Crippen LogP contribution in [-0.2, 0) is 17.9 Å². The number of hydrogen-bond donors (Lipinski definition) is 2. The lowest BCUT2D eigenvalue weighted by Gasteiger charge is -2.10. The molecule has 0 aliphatic heterocycles. The first-order chi connectivity index (χ1) is 8.79. The second kappa shape index (κ2) is 6.40. The summed E-state index contributed by atoms with van der Waals surface area (Å²) < 4.78 is 5.13. The summed E-state index contributed by atoms with van der Waals surface area (Å²) in [6, 6.07) is 7.88. The van der Waals surface area contributed by atoms with E-state index in [4.69, 9.17) is 4.74 Å². The lowest BCUT2D eigenvalue weighted by atomic mass is 10.1. The van der Waals surface area contributed by atoms with E-state index in [1.54, 1.807) is 7.11 Å². The van der Waals surface area contributed by atoms with Gasteiger partial charge in [0.15, 0.2) is 0 Å². The molecule has 0 radical (unpaired) electrons. The molecule has 4 nitrogen and oxygen atoms in total. The molecule has 2 amide bonds. The summed E-state index contributed by atoms with van der Waals surface area (Å²) >= 11 is 0. The second-order valence-electron chi connectivity index (χ2n) is 4.71. The summed E-state index contributed by atoms with van der Waals surface area (Å²) in [4.78, 5) is 11.6. The van der Waals surface area contributed by atoms with Gasteiger partial charge in [-0.3, -0.25) is 0 Å². The summed E-state index contributed by atoms with van der Waals surface area (Å²) in [6.45, 7) is 1.91. The fourth-order valence-electron chi connectivity index (χ4n) is 1.82.